The minimum atomic E-state index is -0.693. The van der Waals surface area contributed by atoms with E-state index in [1.54, 1.807) is 12.4 Å². The molecule has 0 spiro atoms. The number of pyridine rings is 2. The van der Waals surface area contributed by atoms with E-state index < -0.39 is 18.1 Å². The predicted molar refractivity (Wildman–Crippen MR) is 136 cm³/mol. The SMILES string of the molecule is COC(=O)C[C@H](NC(=O)C(CC(C)C)n1ccc(C)cc1=O)c1cncc(N2CCCCC2C)c1. The van der Waals surface area contributed by atoms with Crippen LogP contribution in [0.25, 0.3) is 0 Å². The van der Waals surface area contributed by atoms with Crippen molar-refractivity contribution in [3.05, 3.63) is 58.3 Å². The van der Waals surface area contributed by atoms with Gasteiger partial charge in [0, 0.05) is 31.0 Å². The number of nitrogens with zero attached hydrogens (tertiary/aromatic N) is 3. The highest BCUT2D eigenvalue weighted by molar-refractivity contribution is 5.81. The van der Waals surface area contributed by atoms with Crippen LogP contribution in [-0.4, -0.2) is 41.1 Å². The van der Waals surface area contributed by atoms with Crippen molar-refractivity contribution in [2.45, 2.75) is 77.9 Å². The van der Waals surface area contributed by atoms with Gasteiger partial charge in [-0.2, -0.15) is 0 Å². The summed E-state index contributed by atoms with van der Waals surface area (Å²) in [5.74, 6) is -0.557. The van der Waals surface area contributed by atoms with Crippen molar-refractivity contribution in [2.24, 2.45) is 5.92 Å². The Morgan fingerprint density at radius 2 is 2.00 bits per heavy atom. The van der Waals surface area contributed by atoms with Crippen LogP contribution in [0.5, 0.6) is 0 Å². The van der Waals surface area contributed by atoms with Crippen LogP contribution in [0, 0.1) is 12.8 Å². The van der Waals surface area contributed by atoms with E-state index in [1.807, 2.05) is 39.1 Å². The van der Waals surface area contributed by atoms with Gasteiger partial charge in [-0.25, -0.2) is 0 Å². The lowest BCUT2D eigenvalue weighted by Crippen LogP contribution is -2.40. The summed E-state index contributed by atoms with van der Waals surface area (Å²) in [4.78, 5) is 45.3. The second-order valence-electron chi connectivity index (χ2n) is 9.95. The Labute approximate surface area is 207 Å². The molecule has 0 saturated carbocycles. The monoisotopic (exact) mass is 482 g/mol. The molecule has 1 N–H and O–H groups in total. The molecule has 1 saturated heterocycles. The number of hydrogen-bond donors (Lipinski definition) is 1. The first-order chi connectivity index (χ1) is 16.7. The summed E-state index contributed by atoms with van der Waals surface area (Å²) in [5, 5.41) is 3.03. The lowest BCUT2D eigenvalue weighted by atomic mass is 9.99. The topological polar surface area (TPSA) is 93.5 Å². The molecule has 8 heteroatoms. The van der Waals surface area contributed by atoms with Crippen LogP contribution in [0.1, 0.15) is 76.1 Å². The number of carbonyl (C=O) groups excluding carboxylic acids is 2. The van der Waals surface area contributed by atoms with Crippen LogP contribution >= 0.6 is 0 Å². The number of piperidine rings is 1. The highest BCUT2D eigenvalue weighted by Gasteiger charge is 2.28. The third-order valence-electron chi connectivity index (χ3n) is 6.63. The highest BCUT2D eigenvalue weighted by Crippen LogP contribution is 2.28. The molecule has 0 bridgehead atoms. The second kappa shape index (κ2) is 12.0. The molecule has 1 fully saturated rings. The average Bonchev–Trinajstić information content (AvgIpc) is 2.82. The molecular weight excluding hydrogens is 444 g/mol. The van der Waals surface area contributed by atoms with E-state index in [1.165, 1.54) is 24.2 Å². The zero-order chi connectivity index (χ0) is 25.5. The Balaban J connectivity index is 1.92. The van der Waals surface area contributed by atoms with E-state index in [0.717, 1.165) is 36.2 Å². The number of methoxy groups -OCH3 is 1. The smallest absolute Gasteiger partial charge is 0.307 e. The van der Waals surface area contributed by atoms with Crippen LogP contribution in [0.15, 0.2) is 41.6 Å². The molecule has 0 aliphatic carbocycles. The van der Waals surface area contributed by atoms with Gasteiger partial charge in [0.25, 0.3) is 5.56 Å². The van der Waals surface area contributed by atoms with Crippen molar-refractivity contribution < 1.29 is 14.3 Å². The molecule has 0 aromatic carbocycles. The maximum absolute atomic E-state index is 13.6. The summed E-state index contributed by atoms with van der Waals surface area (Å²) in [6.07, 6.45) is 9.09. The first kappa shape index (κ1) is 26.4. The number of amides is 1. The number of esters is 1. The van der Waals surface area contributed by atoms with E-state index >= 15 is 0 Å². The van der Waals surface area contributed by atoms with E-state index in [-0.39, 0.29) is 23.8 Å². The first-order valence-electron chi connectivity index (χ1n) is 12.5. The number of anilines is 1. The van der Waals surface area contributed by atoms with Gasteiger partial charge in [0.1, 0.15) is 6.04 Å². The molecule has 3 atom stereocenters. The molecule has 3 heterocycles. The normalized spacial score (nSPS) is 17.7. The lowest BCUT2D eigenvalue weighted by molar-refractivity contribution is -0.141. The largest absolute Gasteiger partial charge is 0.469 e. The van der Waals surface area contributed by atoms with Gasteiger partial charge < -0.3 is 19.5 Å². The van der Waals surface area contributed by atoms with Crippen LogP contribution in [0.3, 0.4) is 0 Å². The lowest BCUT2D eigenvalue weighted by Gasteiger charge is -2.35. The van der Waals surface area contributed by atoms with Crippen molar-refractivity contribution in [3.8, 4) is 0 Å². The number of nitrogens with one attached hydrogen (secondary N) is 1. The summed E-state index contributed by atoms with van der Waals surface area (Å²) in [6.45, 7) is 9.03. The van der Waals surface area contributed by atoms with Crippen molar-refractivity contribution in [1.29, 1.82) is 0 Å². The zero-order valence-corrected chi connectivity index (χ0v) is 21.5. The maximum atomic E-state index is 13.6. The molecule has 3 rings (SSSR count). The molecule has 1 amide bonds. The van der Waals surface area contributed by atoms with Gasteiger partial charge in [0.05, 0.1) is 31.5 Å². The Kier molecular flexibility index (Phi) is 9.07. The highest BCUT2D eigenvalue weighted by atomic mass is 16.5. The number of aryl methyl sites for hydroxylation is 1. The van der Waals surface area contributed by atoms with E-state index in [0.29, 0.717) is 12.5 Å². The van der Waals surface area contributed by atoms with Gasteiger partial charge in [-0.05, 0) is 68.7 Å². The molecule has 190 valence electrons. The summed E-state index contributed by atoms with van der Waals surface area (Å²) >= 11 is 0. The van der Waals surface area contributed by atoms with Crippen molar-refractivity contribution in [3.63, 3.8) is 0 Å². The standard InChI is InChI=1S/C27H38N4O4/c1-18(2)12-24(31-11-9-19(3)13-25(31)32)27(34)29-23(15-26(33)35-5)21-14-22(17-28-16-21)30-10-7-6-8-20(30)4/h9,11,13-14,16-18,20,23-24H,6-8,10,12,15H2,1-5H3,(H,29,34)/t20?,23-,24?/m0/s1. The number of aromatic nitrogens is 2. The fourth-order valence-corrected chi connectivity index (χ4v) is 4.68. The fraction of sp³-hybridized carbons (Fsp3) is 0.556. The summed E-state index contributed by atoms with van der Waals surface area (Å²) in [6, 6.07) is 4.43. The van der Waals surface area contributed by atoms with Gasteiger partial charge >= 0.3 is 5.97 Å². The van der Waals surface area contributed by atoms with Gasteiger partial charge in [0.2, 0.25) is 5.91 Å². The maximum Gasteiger partial charge on any atom is 0.307 e. The minimum Gasteiger partial charge on any atom is -0.469 e. The Morgan fingerprint density at radius 1 is 1.23 bits per heavy atom. The van der Waals surface area contributed by atoms with Crippen LogP contribution in [0.4, 0.5) is 5.69 Å². The van der Waals surface area contributed by atoms with Crippen LogP contribution in [-0.2, 0) is 14.3 Å². The molecule has 8 nitrogen and oxygen atoms in total. The van der Waals surface area contributed by atoms with E-state index in [2.05, 4.69) is 22.1 Å². The first-order valence-corrected chi connectivity index (χ1v) is 12.5. The Bertz CT molecular complexity index is 1080. The summed E-state index contributed by atoms with van der Waals surface area (Å²) in [5.41, 5.74) is 2.33. The summed E-state index contributed by atoms with van der Waals surface area (Å²) < 4.78 is 6.39. The Hall–Kier alpha value is -3.16. The van der Waals surface area contributed by atoms with Gasteiger partial charge in [-0.1, -0.05) is 13.8 Å². The third kappa shape index (κ3) is 6.93. The molecule has 2 aromatic rings. The fourth-order valence-electron chi connectivity index (χ4n) is 4.68. The van der Waals surface area contributed by atoms with Crippen molar-refractivity contribution >= 4 is 17.6 Å². The second-order valence-corrected chi connectivity index (χ2v) is 9.95. The molecule has 1 aliphatic heterocycles. The quantitative estimate of drug-likeness (QED) is 0.544. The predicted octanol–water partition coefficient (Wildman–Crippen LogP) is 3.94. The van der Waals surface area contributed by atoms with Gasteiger partial charge in [-0.3, -0.25) is 19.4 Å². The third-order valence-corrected chi connectivity index (χ3v) is 6.63. The minimum absolute atomic E-state index is 0.0277. The van der Waals surface area contributed by atoms with E-state index in [4.69, 9.17) is 4.74 Å². The molecular formula is C27H38N4O4. The average molecular weight is 483 g/mol. The molecule has 0 radical (unpaired) electrons. The van der Waals surface area contributed by atoms with Crippen molar-refractivity contribution in [1.82, 2.24) is 14.9 Å². The number of hydrogen-bond acceptors (Lipinski definition) is 6. The van der Waals surface area contributed by atoms with E-state index in [9.17, 15) is 14.4 Å². The van der Waals surface area contributed by atoms with Crippen molar-refractivity contribution in [2.75, 3.05) is 18.6 Å². The van der Waals surface area contributed by atoms with Gasteiger partial charge in [0.15, 0.2) is 0 Å². The van der Waals surface area contributed by atoms with Crippen LogP contribution in [0.2, 0.25) is 0 Å². The number of carbonyl (C=O) groups is 2. The van der Waals surface area contributed by atoms with Crippen LogP contribution < -0.4 is 15.8 Å². The van der Waals surface area contributed by atoms with Gasteiger partial charge in [-0.15, -0.1) is 0 Å². The number of rotatable bonds is 9. The zero-order valence-electron chi connectivity index (χ0n) is 21.5. The molecule has 35 heavy (non-hydrogen) atoms. The molecule has 2 aromatic heterocycles. The molecule has 1 aliphatic rings. The number of ether oxygens (including phenoxy) is 1. The summed E-state index contributed by atoms with van der Waals surface area (Å²) in [7, 11) is 1.33. The Morgan fingerprint density at radius 3 is 2.66 bits per heavy atom. The molecule has 2 unspecified atom stereocenters.